The Morgan fingerprint density at radius 1 is 1.11 bits per heavy atom. The van der Waals surface area contributed by atoms with Gasteiger partial charge in [0.2, 0.25) is 0 Å². The van der Waals surface area contributed by atoms with E-state index in [1.165, 1.54) is 5.56 Å². The maximum Gasteiger partial charge on any atom is 0.253 e. The minimum atomic E-state index is -0.185. The van der Waals surface area contributed by atoms with E-state index >= 15 is 0 Å². The summed E-state index contributed by atoms with van der Waals surface area (Å²) in [6, 6.07) is 19.0. The van der Waals surface area contributed by atoms with Crippen molar-refractivity contribution in [2.75, 3.05) is 19.0 Å². The molecule has 0 aliphatic carbocycles. The molecule has 0 saturated heterocycles. The summed E-state index contributed by atoms with van der Waals surface area (Å²) in [6.45, 7) is 1.11. The van der Waals surface area contributed by atoms with Crippen LogP contribution in [0.15, 0.2) is 66.9 Å². The second-order valence-electron chi connectivity index (χ2n) is 6.23. The summed E-state index contributed by atoms with van der Waals surface area (Å²) in [7, 11) is 1.66. The van der Waals surface area contributed by atoms with Gasteiger partial charge >= 0.3 is 0 Å². The Bertz CT molecular complexity index is 929. The summed E-state index contributed by atoms with van der Waals surface area (Å²) < 4.78 is 5.23. The summed E-state index contributed by atoms with van der Waals surface area (Å²) >= 11 is 6.11. The van der Waals surface area contributed by atoms with Crippen LogP contribution >= 0.6 is 11.6 Å². The summed E-state index contributed by atoms with van der Waals surface area (Å²) in [5.41, 5.74) is 2.56. The monoisotopic (exact) mass is 395 g/mol. The number of nitrogens with zero attached hydrogens (tertiary/aromatic N) is 1. The first kappa shape index (κ1) is 19.7. The van der Waals surface area contributed by atoms with E-state index in [0.717, 1.165) is 30.1 Å². The number of amides is 1. The molecule has 0 spiro atoms. The first-order valence-corrected chi connectivity index (χ1v) is 9.38. The van der Waals surface area contributed by atoms with Crippen LogP contribution < -0.4 is 15.4 Å². The van der Waals surface area contributed by atoms with Crippen LogP contribution in [0.1, 0.15) is 21.5 Å². The smallest absolute Gasteiger partial charge is 0.253 e. The third-order valence-corrected chi connectivity index (χ3v) is 4.65. The van der Waals surface area contributed by atoms with Gasteiger partial charge in [-0.05, 0) is 47.9 Å². The van der Waals surface area contributed by atoms with E-state index in [-0.39, 0.29) is 5.91 Å². The molecule has 1 amide bonds. The number of hydrogen-bond acceptors (Lipinski definition) is 4. The topological polar surface area (TPSA) is 63.2 Å². The number of benzene rings is 2. The van der Waals surface area contributed by atoms with Gasteiger partial charge < -0.3 is 15.4 Å². The highest BCUT2D eigenvalue weighted by Gasteiger charge is 2.07. The van der Waals surface area contributed by atoms with Crippen LogP contribution in [-0.2, 0) is 13.0 Å². The maximum absolute atomic E-state index is 12.3. The van der Waals surface area contributed by atoms with Crippen LogP contribution in [0.4, 0.5) is 5.82 Å². The molecule has 1 aromatic heterocycles. The number of carbonyl (C=O) groups is 1. The normalized spacial score (nSPS) is 10.4. The van der Waals surface area contributed by atoms with Crippen molar-refractivity contribution in [1.82, 2.24) is 10.3 Å². The molecule has 0 bridgehead atoms. The molecule has 0 aliphatic rings. The Kier molecular flexibility index (Phi) is 6.87. The van der Waals surface area contributed by atoms with Gasteiger partial charge in [0, 0.05) is 24.3 Å². The molecule has 0 radical (unpaired) electrons. The fourth-order valence-electron chi connectivity index (χ4n) is 2.71. The van der Waals surface area contributed by atoms with Crippen LogP contribution in [0.3, 0.4) is 0 Å². The second-order valence-corrected chi connectivity index (χ2v) is 6.64. The van der Waals surface area contributed by atoms with Crippen LogP contribution in [0, 0.1) is 0 Å². The van der Waals surface area contributed by atoms with Crippen LogP contribution in [0.25, 0.3) is 0 Å². The average Bonchev–Trinajstić information content (AvgIpc) is 2.73. The molecule has 2 aromatic carbocycles. The van der Waals surface area contributed by atoms with Gasteiger partial charge in [0.15, 0.2) is 0 Å². The lowest BCUT2D eigenvalue weighted by Gasteiger charge is -2.09. The predicted molar refractivity (Wildman–Crippen MR) is 112 cm³/mol. The molecule has 0 saturated carbocycles. The molecule has 3 rings (SSSR count). The minimum absolute atomic E-state index is 0.185. The van der Waals surface area contributed by atoms with Gasteiger partial charge in [0.05, 0.1) is 12.7 Å². The van der Waals surface area contributed by atoms with Crippen molar-refractivity contribution in [2.45, 2.75) is 13.0 Å². The number of pyridine rings is 1. The molecular formula is C22H22ClN3O2. The fourth-order valence-corrected chi connectivity index (χ4v) is 2.92. The first-order valence-electron chi connectivity index (χ1n) is 9.00. The zero-order chi connectivity index (χ0) is 19.8. The third kappa shape index (κ3) is 5.47. The lowest BCUT2D eigenvalue weighted by atomic mass is 10.1. The molecule has 0 fully saturated rings. The molecule has 0 aliphatic heterocycles. The Balaban J connectivity index is 1.48. The highest BCUT2D eigenvalue weighted by Crippen LogP contribution is 2.15. The highest BCUT2D eigenvalue weighted by atomic mass is 35.5. The lowest BCUT2D eigenvalue weighted by Crippen LogP contribution is -2.23. The van der Waals surface area contributed by atoms with Crippen LogP contribution in [0.5, 0.6) is 5.75 Å². The number of anilines is 1. The maximum atomic E-state index is 12.3. The third-order valence-electron chi connectivity index (χ3n) is 4.28. The van der Waals surface area contributed by atoms with Crippen molar-refractivity contribution in [3.05, 3.63) is 88.6 Å². The Morgan fingerprint density at radius 2 is 1.96 bits per heavy atom. The Hall–Kier alpha value is -3.05. The fraction of sp³-hybridized carbons (Fsp3) is 0.182. The van der Waals surface area contributed by atoms with E-state index < -0.39 is 0 Å². The number of halogens is 1. The Labute approximate surface area is 169 Å². The van der Waals surface area contributed by atoms with Crippen LogP contribution in [-0.4, -0.2) is 24.5 Å². The van der Waals surface area contributed by atoms with Gasteiger partial charge in [-0.3, -0.25) is 4.79 Å². The molecule has 3 aromatic rings. The molecule has 0 atom stereocenters. The standard InChI is InChI=1S/C22H22ClN3O2/c1-28-19-7-4-5-16(13-19)11-12-24-21-10-9-18(15-25-21)22(27)26-14-17-6-2-3-8-20(17)23/h2-10,13,15H,11-12,14H2,1H3,(H,24,25)(H,26,27). The largest absolute Gasteiger partial charge is 0.497 e. The number of carbonyl (C=O) groups excluding carboxylic acids is 1. The van der Waals surface area contributed by atoms with E-state index in [2.05, 4.69) is 21.7 Å². The molecular weight excluding hydrogens is 374 g/mol. The van der Waals surface area contributed by atoms with Crippen molar-refractivity contribution < 1.29 is 9.53 Å². The number of aromatic nitrogens is 1. The number of hydrogen-bond donors (Lipinski definition) is 2. The van der Waals surface area contributed by atoms with E-state index in [4.69, 9.17) is 16.3 Å². The number of methoxy groups -OCH3 is 1. The number of nitrogens with one attached hydrogen (secondary N) is 2. The van der Waals surface area contributed by atoms with E-state index in [9.17, 15) is 4.79 Å². The highest BCUT2D eigenvalue weighted by molar-refractivity contribution is 6.31. The van der Waals surface area contributed by atoms with Gasteiger partial charge in [0.25, 0.3) is 5.91 Å². The SMILES string of the molecule is COc1cccc(CCNc2ccc(C(=O)NCc3ccccc3Cl)cn2)c1. The quantitative estimate of drug-likeness (QED) is 0.596. The van der Waals surface area contributed by atoms with Gasteiger partial charge in [-0.1, -0.05) is 41.9 Å². The van der Waals surface area contributed by atoms with Gasteiger partial charge in [-0.25, -0.2) is 4.98 Å². The van der Waals surface area contributed by atoms with E-state index in [0.29, 0.717) is 17.1 Å². The van der Waals surface area contributed by atoms with E-state index in [1.54, 1.807) is 31.5 Å². The molecule has 28 heavy (non-hydrogen) atoms. The lowest BCUT2D eigenvalue weighted by molar-refractivity contribution is 0.0950. The molecule has 6 heteroatoms. The molecule has 0 unspecified atom stereocenters. The van der Waals surface area contributed by atoms with Gasteiger partial charge in [-0.15, -0.1) is 0 Å². The summed E-state index contributed by atoms with van der Waals surface area (Å²) in [4.78, 5) is 16.6. The predicted octanol–water partition coefficient (Wildman–Crippen LogP) is 4.33. The summed E-state index contributed by atoms with van der Waals surface area (Å²) in [6.07, 6.45) is 2.41. The number of ether oxygens (including phenoxy) is 1. The van der Waals surface area contributed by atoms with Crippen molar-refractivity contribution in [2.24, 2.45) is 0 Å². The zero-order valence-electron chi connectivity index (χ0n) is 15.6. The molecule has 144 valence electrons. The molecule has 5 nitrogen and oxygen atoms in total. The summed E-state index contributed by atoms with van der Waals surface area (Å²) in [5, 5.41) is 6.75. The molecule has 2 N–H and O–H groups in total. The first-order chi connectivity index (χ1) is 13.7. The second kappa shape index (κ2) is 9.76. The van der Waals surface area contributed by atoms with Crippen molar-refractivity contribution in [3.8, 4) is 5.75 Å². The van der Waals surface area contributed by atoms with E-state index in [1.807, 2.05) is 36.4 Å². The average molecular weight is 396 g/mol. The van der Waals surface area contributed by atoms with Crippen LogP contribution in [0.2, 0.25) is 5.02 Å². The molecule has 1 heterocycles. The van der Waals surface area contributed by atoms with Crippen molar-refractivity contribution in [3.63, 3.8) is 0 Å². The minimum Gasteiger partial charge on any atom is -0.497 e. The van der Waals surface area contributed by atoms with Crippen molar-refractivity contribution >= 4 is 23.3 Å². The Morgan fingerprint density at radius 3 is 2.71 bits per heavy atom. The van der Waals surface area contributed by atoms with Gasteiger partial charge in [0.1, 0.15) is 11.6 Å². The van der Waals surface area contributed by atoms with Gasteiger partial charge in [-0.2, -0.15) is 0 Å². The summed E-state index contributed by atoms with van der Waals surface area (Å²) in [5.74, 6) is 1.39. The zero-order valence-corrected chi connectivity index (χ0v) is 16.4. The van der Waals surface area contributed by atoms with Crippen molar-refractivity contribution in [1.29, 1.82) is 0 Å². The number of rotatable bonds is 8.